The second kappa shape index (κ2) is 4.97. The highest BCUT2D eigenvalue weighted by Gasteiger charge is 2.29. The van der Waals surface area contributed by atoms with Crippen LogP contribution in [0.3, 0.4) is 0 Å². The van der Waals surface area contributed by atoms with Gasteiger partial charge in [0, 0.05) is 25.0 Å². The van der Waals surface area contributed by atoms with Crippen molar-refractivity contribution in [3.8, 4) is 0 Å². The standard InChI is InChI=1S/C12H22N2O/c1-10(11-6-2-4-8-13-11)14-9-5-3-7-12(14)15/h10-11,13H,2-9H2,1H3. The predicted molar refractivity (Wildman–Crippen MR) is 60.7 cm³/mol. The lowest BCUT2D eigenvalue weighted by atomic mass is 9.96. The van der Waals surface area contributed by atoms with Crippen LogP contribution in [0, 0.1) is 0 Å². The number of amides is 1. The number of rotatable bonds is 2. The van der Waals surface area contributed by atoms with Gasteiger partial charge in [0.1, 0.15) is 0 Å². The number of nitrogens with zero attached hydrogens (tertiary/aromatic N) is 1. The Labute approximate surface area is 92.2 Å². The zero-order valence-corrected chi connectivity index (χ0v) is 9.67. The van der Waals surface area contributed by atoms with E-state index in [4.69, 9.17) is 0 Å². The molecule has 0 aromatic rings. The van der Waals surface area contributed by atoms with Gasteiger partial charge in [-0.2, -0.15) is 0 Å². The Morgan fingerprint density at radius 2 is 2.20 bits per heavy atom. The molecule has 2 heterocycles. The number of hydrogen-bond donors (Lipinski definition) is 1. The van der Waals surface area contributed by atoms with E-state index in [1.807, 2.05) is 0 Å². The molecular formula is C12H22N2O. The van der Waals surface area contributed by atoms with Gasteiger partial charge in [-0.15, -0.1) is 0 Å². The molecule has 2 aliphatic rings. The van der Waals surface area contributed by atoms with Gasteiger partial charge in [-0.05, 0) is 39.2 Å². The molecular weight excluding hydrogens is 188 g/mol. The van der Waals surface area contributed by atoms with Gasteiger partial charge in [0.05, 0.1) is 0 Å². The summed E-state index contributed by atoms with van der Waals surface area (Å²) < 4.78 is 0. The van der Waals surface area contributed by atoms with Crippen molar-refractivity contribution in [2.75, 3.05) is 13.1 Å². The number of piperidine rings is 2. The van der Waals surface area contributed by atoms with Crippen LogP contribution in [0.4, 0.5) is 0 Å². The van der Waals surface area contributed by atoms with Gasteiger partial charge in [0.2, 0.25) is 5.91 Å². The van der Waals surface area contributed by atoms with E-state index < -0.39 is 0 Å². The lowest BCUT2D eigenvalue weighted by molar-refractivity contribution is -0.136. The van der Waals surface area contributed by atoms with E-state index >= 15 is 0 Å². The summed E-state index contributed by atoms with van der Waals surface area (Å²) in [4.78, 5) is 13.9. The Balaban J connectivity index is 1.92. The first-order chi connectivity index (χ1) is 7.29. The van der Waals surface area contributed by atoms with Crippen molar-refractivity contribution in [2.24, 2.45) is 0 Å². The van der Waals surface area contributed by atoms with Crippen molar-refractivity contribution in [3.63, 3.8) is 0 Å². The van der Waals surface area contributed by atoms with Crippen molar-refractivity contribution < 1.29 is 4.79 Å². The van der Waals surface area contributed by atoms with E-state index in [9.17, 15) is 4.79 Å². The Kier molecular flexibility index (Phi) is 3.62. The fourth-order valence-electron chi connectivity index (χ4n) is 2.77. The SMILES string of the molecule is CC(C1CCCCN1)N1CCCCC1=O. The van der Waals surface area contributed by atoms with E-state index in [1.54, 1.807) is 0 Å². The second-order valence-corrected chi connectivity index (χ2v) is 4.84. The number of carbonyl (C=O) groups is 1. The van der Waals surface area contributed by atoms with Crippen molar-refractivity contribution >= 4 is 5.91 Å². The van der Waals surface area contributed by atoms with Crippen LogP contribution < -0.4 is 5.32 Å². The summed E-state index contributed by atoms with van der Waals surface area (Å²) in [6, 6.07) is 0.916. The quantitative estimate of drug-likeness (QED) is 0.749. The van der Waals surface area contributed by atoms with Crippen LogP contribution in [-0.2, 0) is 4.79 Å². The van der Waals surface area contributed by atoms with Crippen LogP contribution in [0.1, 0.15) is 45.4 Å². The summed E-state index contributed by atoms with van der Waals surface area (Å²) in [6.45, 7) is 4.29. The normalized spacial score (nSPS) is 30.3. The minimum atomic E-state index is 0.362. The van der Waals surface area contributed by atoms with E-state index in [1.165, 1.54) is 25.7 Å². The van der Waals surface area contributed by atoms with Crippen LogP contribution in [0.2, 0.25) is 0 Å². The molecule has 2 aliphatic heterocycles. The van der Waals surface area contributed by atoms with E-state index in [0.29, 0.717) is 18.0 Å². The molecule has 2 unspecified atom stereocenters. The van der Waals surface area contributed by atoms with Crippen molar-refractivity contribution in [1.82, 2.24) is 10.2 Å². The fourth-order valence-corrected chi connectivity index (χ4v) is 2.77. The van der Waals surface area contributed by atoms with Crippen LogP contribution in [0.15, 0.2) is 0 Å². The molecule has 86 valence electrons. The Morgan fingerprint density at radius 3 is 2.87 bits per heavy atom. The van der Waals surface area contributed by atoms with Gasteiger partial charge < -0.3 is 10.2 Å². The molecule has 2 fully saturated rings. The van der Waals surface area contributed by atoms with Gasteiger partial charge in [0.25, 0.3) is 0 Å². The number of carbonyl (C=O) groups excluding carboxylic acids is 1. The third-order valence-electron chi connectivity index (χ3n) is 3.78. The molecule has 1 amide bonds. The fraction of sp³-hybridized carbons (Fsp3) is 0.917. The molecule has 2 rings (SSSR count). The summed E-state index contributed by atoms with van der Waals surface area (Å²) >= 11 is 0. The molecule has 0 radical (unpaired) electrons. The molecule has 0 aromatic heterocycles. The molecule has 0 spiro atoms. The van der Waals surface area contributed by atoms with Gasteiger partial charge in [-0.3, -0.25) is 4.79 Å². The zero-order chi connectivity index (χ0) is 10.7. The van der Waals surface area contributed by atoms with Crippen LogP contribution in [-0.4, -0.2) is 36.0 Å². The highest BCUT2D eigenvalue weighted by Crippen LogP contribution is 2.19. The average molecular weight is 210 g/mol. The zero-order valence-electron chi connectivity index (χ0n) is 9.67. The molecule has 3 heteroatoms. The van der Waals surface area contributed by atoms with E-state index in [-0.39, 0.29) is 0 Å². The lowest BCUT2D eigenvalue weighted by Gasteiger charge is -2.39. The first-order valence-electron chi connectivity index (χ1n) is 6.32. The minimum absolute atomic E-state index is 0.362. The highest BCUT2D eigenvalue weighted by atomic mass is 16.2. The predicted octanol–water partition coefficient (Wildman–Crippen LogP) is 1.53. The molecule has 0 saturated carbocycles. The molecule has 15 heavy (non-hydrogen) atoms. The van der Waals surface area contributed by atoms with E-state index in [0.717, 1.165) is 25.9 Å². The van der Waals surface area contributed by atoms with Gasteiger partial charge >= 0.3 is 0 Å². The average Bonchev–Trinajstić information content (AvgIpc) is 2.30. The molecule has 0 aromatic carbocycles. The first-order valence-corrected chi connectivity index (χ1v) is 6.32. The largest absolute Gasteiger partial charge is 0.338 e. The molecule has 0 aliphatic carbocycles. The van der Waals surface area contributed by atoms with Crippen LogP contribution in [0.5, 0.6) is 0 Å². The third-order valence-corrected chi connectivity index (χ3v) is 3.78. The molecule has 3 nitrogen and oxygen atoms in total. The lowest BCUT2D eigenvalue weighted by Crippen LogP contribution is -2.53. The summed E-state index contributed by atoms with van der Waals surface area (Å²) in [6.07, 6.45) is 6.85. The van der Waals surface area contributed by atoms with Crippen LogP contribution >= 0.6 is 0 Å². The Bertz CT molecular complexity index is 224. The summed E-state index contributed by atoms with van der Waals surface area (Å²) in [5.41, 5.74) is 0. The molecule has 1 N–H and O–H groups in total. The maximum atomic E-state index is 11.8. The summed E-state index contributed by atoms with van der Waals surface area (Å²) in [5, 5.41) is 3.54. The highest BCUT2D eigenvalue weighted by molar-refractivity contribution is 5.77. The second-order valence-electron chi connectivity index (χ2n) is 4.84. The van der Waals surface area contributed by atoms with E-state index in [2.05, 4.69) is 17.1 Å². The summed E-state index contributed by atoms with van der Waals surface area (Å²) in [7, 11) is 0. The minimum Gasteiger partial charge on any atom is -0.338 e. The number of hydrogen-bond acceptors (Lipinski definition) is 2. The smallest absolute Gasteiger partial charge is 0.222 e. The van der Waals surface area contributed by atoms with Crippen molar-refractivity contribution in [1.29, 1.82) is 0 Å². The van der Waals surface area contributed by atoms with Gasteiger partial charge in [-0.25, -0.2) is 0 Å². The summed E-state index contributed by atoms with van der Waals surface area (Å²) in [5.74, 6) is 0.362. The monoisotopic (exact) mass is 210 g/mol. The van der Waals surface area contributed by atoms with Crippen LogP contribution in [0.25, 0.3) is 0 Å². The first kappa shape index (κ1) is 10.9. The number of likely N-dealkylation sites (tertiary alicyclic amines) is 1. The van der Waals surface area contributed by atoms with Crippen molar-refractivity contribution in [2.45, 2.75) is 57.5 Å². The molecule has 2 atom stereocenters. The maximum absolute atomic E-state index is 11.8. The topological polar surface area (TPSA) is 32.3 Å². The van der Waals surface area contributed by atoms with Gasteiger partial charge in [0.15, 0.2) is 0 Å². The maximum Gasteiger partial charge on any atom is 0.222 e. The Hall–Kier alpha value is -0.570. The Morgan fingerprint density at radius 1 is 1.33 bits per heavy atom. The van der Waals surface area contributed by atoms with Crippen molar-refractivity contribution in [3.05, 3.63) is 0 Å². The third kappa shape index (κ3) is 2.51. The molecule has 0 bridgehead atoms. The molecule has 2 saturated heterocycles. The number of nitrogens with one attached hydrogen (secondary N) is 1. The van der Waals surface area contributed by atoms with Gasteiger partial charge in [-0.1, -0.05) is 6.42 Å².